The van der Waals surface area contributed by atoms with Gasteiger partial charge in [0.25, 0.3) is 0 Å². The minimum Gasteiger partial charge on any atom is -0.393 e. The van der Waals surface area contributed by atoms with E-state index in [1.165, 1.54) is 12.8 Å². The van der Waals surface area contributed by atoms with Crippen LogP contribution in [0.4, 0.5) is 0 Å². The molecule has 1 fully saturated rings. The lowest BCUT2D eigenvalue weighted by molar-refractivity contribution is -0.188. The zero-order valence-electron chi connectivity index (χ0n) is 9.28. The van der Waals surface area contributed by atoms with Gasteiger partial charge < -0.3 is 9.84 Å². The van der Waals surface area contributed by atoms with E-state index < -0.39 is 0 Å². The third-order valence-corrected chi connectivity index (χ3v) is 3.07. The van der Waals surface area contributed by atoms with Gasteiger partial charge in [-0.1, -0.05) is 32.3 Å². The maximum atomic E-state index is 9.94. The molecule has 0 amide bonds. The Morgan fingerprint density at radius 3 is 2.71 bits per heavy atom. The van der Waals surface area contributed by atoms with Crippen molar-refractivity contribution in [2.75, 3.05) is 0 Å². The smallest absolute Gasteiger partial charge is 0.0834 e. The van der Waals surface area contributed by atoms with E-state index in [4.69, 9.17) is 4.74 Å². The molecule has 14 heavy (non-hydrogen) atoms. The number of ether oxygens (including phenoxy) is 1. The second-order valence-corrected chi connectivity index (χ2v) is 4.18. The molecule has 1 N–H and O–H groups in total. The third-order valence-electron chi connectivity index (χ3n) is 3.07. The van der Waals surface area contributed by atoms with Gasteiger partial charge in [0.2, 0.25) is 0 Å². The van der Waals surface area contributed by atoms with E-state index in [-0.39, 0.29) is 24.2 Å². The molecule has 1 heterocycles. The monoisotopic (exact) mass is 198 g/mol. The second kappa shape index (κ2) is 5.52. The first-order valence-electron chi connectivity index (χ1n) is 5.66. The Morgan fingerprint density at radius 1 is 1.50 bits per heavy atom. The van der Waals surface area contributed by atoms with E-state index >= 15 is 0 Å². The van der Waals surface area contributed by atoms with Crippen molar-refractivity contribution in [2.24, 2.45) is 5.92 Å². The molecular formula is C12H22O2. The van der Waals surface area contributed by atoms with Crippen molar-refractivity contribution < 1.29 is 9.84 Å². The van der Waals surface area contributed by atoms with Gasteiger partial charge in [0.1, 0.15) is 0 Å². The average Bonchev–Trinajstić information content (AvgIpc) is 2.14. The molecule has 2 nitrogen and oxygen atoms in total. The summed E-state index contributed by atoms with van der Waals surface area (Å²) in [6.07, 6.45) is 6.27. The Kier molecular flexibility index (Phi) is 4.63. The van der Waals surface area contributed by atoms with Crippen molar-refractivity contribution in [3.8, 4) is 0 Å². The molecule has 0 aromatic heterocycles. The van der Waals surface area contributed by atoms with Gasteiger partial charge >= 0.3 is 0 Å². The summed E-state index contributed by atoms with van der Waals surface area (Å²) in [5.41, 5.74) is 0. The Hall–Kier alpha value is -0.340. The molecule has 2 heteroatoms. The van der Waals surface area contributed by atoms with Gasteiger partial charge in [-0.15, -0.1) is 6.58 Å². The van der Waals surface area contributed by atoms with Gasteiger partial charge in [-0.25, -0.2) is 0 Å². The molecule has 1 aliphatic rings. The highest BCUT2D eigenvalue weighted by Crippen LogP contribution is 2.33. The lowest BCUT2D eigenvalue weighted by atomic mass is 9.83. The zero-order valence-corrected chi connectivity index (χ0v) is 9.28. The highest BCUT2D eigenvalue weighted by Gasteiger charge is 2.41. The van der Waals surface area contributed by atoms with Crippen molar-refractivity contribution in [1.82, 2.24) is 0 Å². The van der Waals surface area contributed by atoms with Crippen LogP contribution in [-0.2, 0) is 4.74 Å². The third kappa shape index (κ3) is 2.58. The molecule has 4 atom stereocenters. The molecule has 0 aromatic rings. The molecule has 0 unspecified atom stereocenters. The van der Waals surface area contributed by atoms with Crippen LogP contribution in [0.1, 0.15) is 39.5 Å². The fourth-order valence-electron chi connectivity index (χ4n) is 2.15. The number of hydrogen-bond acceptors (Lipinski definition) is 2. The molecule has 1 aliphatic heterocycles. The summed E-state index contributed by atoms with van der Waals surface area (Å²) in [7, 11) is 0. The minimum absolute atomic E-state index is 0.0710. The molecule has 0 aliphatic carbocycles. The van der Waals surface area contributed by atoms with Crippen LogP contribution in [0.2, 0.25) is 0 Å². The van der Waals surface area contributed by atoms with Crippen LogP contribution in [0.3, 0.4) is 0 Å². The maximum absolute atomic E-state index is 9.94. The molecule has 0 saturated carbocycles. The lowest BCUT2D eigenvalue weighted by Crippen LogP contribution is -2.52. The summed E-state index contributed by atoms with van der Waals surface area (Å²) in [5.74, 6) is 0.268. The van der Waals surface area contributed by atoms with Gasteiger partial charge in [-0.05, 0) is 13.3 Å². The predicted octanol–water partition coefficient (Wildman–Crippen LogP) is 2.52. The summed E-state index contributed by atoms with van der Waals surface area (Å²) in [6, 6.07) is 0. The van der Waals surface area contributed by atoms with E-state index in [9.17, 15) is 5.11 Å². The highest BCUT2D eigenvalue weighted by atomic mass is 16.5. The Morgan fingerprint density at radius 2 is 2.21 bits per heavy atom. The first-order valence-corrected chi connectivity index (χ1v) is 5.66. The SMILES string of the molecule is C=C[C@H]1O[C@@H](C)[C@@H]1[C@@H](O)CCCCC. The molecule has 0 radical (unpaired) electrons. The summed E-state index contributed by atoms with van der Waals surface area (Å²) in [5, 5.41) is 9.94. The van der Waals surface area contributed by atoms with Crippen LogP contribution in [0.15, 0.2) is 12.7 Å². The van der Waals surface area contributed by atoms with Gasteiger partial charge in [-0.3, -0.25) is 0 Å². The number of aliphatic hydroxyl groups is 1. The number of unbranched alkanes of at least 4 members (excludes halogenated alkanes) is 2. The summed E-state index contributed by atoms with van der Waals surface area (Å²) < 4.78 is 5.45. The van der Waals surface area contributed by atoms with Gasteiger partial charge in [0, 0.05) is 5.92 Å². The molecule has 82 valence electrons. The van der Waals surface area contributed by atoms with Gasteiger partial charge in [0.05, 0.1) is 18.3 Å². The molecule has 1 saturated heterocycles. The van der Waals surface area contributed by atoms with E-state index in [1.54, 1.807) is 6.08 Å². The fourth-order valence-corrected chi connectivity index (χ4v) is 2.15. The normalized spacial score (nSPS) is 33.5. The standard InChI is InChI=1S/C12H22O2/c1-4-6-7-8-10(13)12-9(3)14-11(12)5-2/h5,9-13H,2,4,6-8H2,1,3H3/t9-,10-,11+,12+/m0/s1. The number of aliphatic hydroxyl groups excluding tert-OH is 1. The maximum Gasteiger partial charge on any atom is 0.0834 e. The largest absolute Gasteiger partial charge is 0.393 e. The van der Waals surface area contributed by atoms with E-state index in [1.807, 2.05) is 6.92 Å². The molecular weight excluding hydrogens is 176 g/mol. The lowest BCUT2D eigenvalue weighted by Gasteiger charge is -2.44. The molecule has 0 spiro atoms. The Balaban J connectivity index is 2.28. The van der Waals surface area contributed by atoms with Crippen molar-refractivity contribution >= 4 is 0 Å². The second-order valence-electron chi connectivity index (χ2n) is 4.18. The van der Waals surface area contributed by atoms with Crippen LogP contribution in [0.25, 0.3) is 0 Å². The molecule has 0 bridgehead atoms. The quantitative estimate of drug-likeness (QED) is 0.525. The summed E-state index contributed by atoms with van der Waals surface area (Å²) in [4.78, 5) is 0. The van der Waals surface area contributed by atoms with E-state index in [2.05, 4.69) is 13.5 Å². The van der Waals surface area contributed by atoms with E-state index in [0.717, 1.165) is 12.8 Å². The van der Waals surface area contributed by atoms with Gasteiger partial charge in [-0.2, -0.15) is 0 Å². The minimum atomic E-state index is -0.215. The first kappa shape index (κ1) is 11.7. The van der Waals surface area contributed by atoms with Crippen molar-refractivity contribution in [1.29, 1.82) is 0 Å². The Labute approximate surface area is 87.0 Å². The average molecular weight is 198 g/mol. The van der Waals surface area contributed by atoms with Gasteiger partial charge in [0.15, 0.2) is 0 Å². The first-order chi connectivity index (χ1) is 6.70. The fraction of sp³-hybridized carbons (Fsp3) is 0.833. The van der Waals surface area contributed by atoms with Crippen molar-refractivity contribution in [2.45, 2.75) is 57.8 Å². The van der Waals surface area contributed by atoms with E-state index in [0.29, 0.717) is 0 Å². The van der Waals surface area contributed by atoms with Crippen LogP contribution in [-0.4, -0.2) is 23.4 Å². The predicted molar refractivity (Wildman–Crippen MR) is 58.2 cm³/mol. The molecule has 0 aromatic carbocycles. The summed E-state index contributed by atoms with van der Waals surface area (Å²) >= 11 is 0. The number of hydrogen-bond donors (Lipinski definition) is 1. The highest BCUT2D eigenvalue weighted by molar-refractivity contribution is 4.99. The van der Waals surface area contributed by atoms with Crippen LogP contribution in [0.5, 0.6) is 0 Å². The van der Waals surface area contributed by atoms with Crippen molar-refractivity contribution in [3.63, 3.8) is 0 Å². The number of rotatable bonds is 6. The Bertz CT molecular complexity index is 179. The topological polar surface area (TPSA) is 29.5 Å². The van der Waals surface area contributed by atoms with Crippen LogP contribution >= 0.6 is 0 Å². The van der Waals surface area contributed by atoms with Crippen molar-refractivity contribution in [3.05, 3.63) is 12.7 Å². The summed E-state index contributed by atoms with van der Waals surface area (Å²) in [6.45, 7) is 7.91. The zero-order chi connectivity index (χ0) is 10.6. The van der Waals surface area contributed by atoms with Crippen LogP contribution < -0.4 is 0 Å². The van der Waals surface area contributed by atoms with Crippen LogP contribution in [0, 0.1) is 5.92 Å². The molecule has 1 rings (SSSR count).